The summed E-state index contributed by atoms with van der Waals surface area (Å²) >= 11 is 0. The van der Waals surface area contributed by atoms with Crippen LogP contribution >= 0.6 is 0 Å². The molecule has 0 aliphatic rings. The molecule has 0 aromatic carbocycles. The van der Waals surface area contributed by atoms with Crippen LogP contribution in [0.3, 0.4) is 0 Å². The van der Waals surface area contributed by atoms with Gasteiger partial charge in [-0.15, -0.1) is 0 Å². The van der Waals surface area contributed by atoms with Crippen molar-refractivity contribution in [3.8, 4) is 0 Å². The molecule has 0 aromatic rings. The molecular weight excluding hydrogens is 240 g/mol. The number of aliphatic hydroxyl groups is 1. The topological polar surface area (TPSA) is 57.5 Å². The van der Waals surface area contributed by atoms with Crippen LogP contribution < -0.4 is 0 Å². The Morgan fingerprint density at radius 1 is 0.947 bits per heavy atom. The van der Waals surface area contributed by atoms with Gasteiger partial charge in [0.1, 0.15) is 0 Å². The molecule has 0 bridgehead atoms. The molecule has 0 fully saturated rings. The van der Waals surface area contributed by atoms with Gasteiger partial charge in [0.15, 0.2) is 0 Å². The molecule has 0 aliphatic heterocycles. The van der Waals surface area contributed by atoms with Crippen molar-refractivity contribution in [2.45, 2.75) is 83.7 Å². The molecule has 112 valence electrons. The molecule has 2 N–H and O–H groups in total. The standard InChI is InChI=1S/C16H30O3/c1-15(17)13-11-9-7-5-3-2-4-6-8-10-12-14-16(18)19/h4,6,15,17H,2-3,5,7-14H2,1H3,(H,18,19)/b6-4+. The van der Waals surface area contributed by atoms with Gasteiger partial charge in [-0.25, -0.2) is 0 Å². The number of allylic oxidation sites excluding steroid dienone is 2. The number of unbranched alkanes of at least 4 members (excludes halogenated alkanes) is 7. The third kappa shape index (κ3) is 17.2. The zero-order valence-electron chi connectivity index (χ0n) is 12.3. The van der Waals surface area contributed by atoms with Gasteiger partial charge in [-0.1, -0.05) is 37.8 Å². The quantitative estimate of drug-likeness (QED) is 0.387. The van der Waals surface area contributed by atoms with E-state index in [4.69, 9.17) is 10.2 Å². The van der Waals surface area contributed by atoms with Gasteiger partial charge in [-0.2, -0.15) is 0 Å². The lowest BCUT2D eigenvalue weighted by Crippen LogP contribution is -1.98. The molecule has 1 atom stereocenters. The molecule has 0 aromatic heterocycles. The van der Waals surface area contributed by atoms with Crippen molar-refractivity contribution in [1.82, 2.24) is 0 Å². The van der Waals surface area contributed by atoms with E-state index in [1.165, 1.54) is 25.7 Å². The summed E-state index contributed by atoms with van der Waals surface area (Å²) in [5.74, 6) is -0.695. The monoisotopic (exact) mass is 270 g/mol. The van der Waals surface area contributed by atoms with E-state index in [0.717, 1.165) is 38.5 Å². The molecule has 0 saturated carbocycles. The largest absolute Gasteiger partial charge is 0.481 e. The van der Waals surface area contributed by atoms with Crippen LogP contribution in [0.15, 0.2) is 12.2 Å². The number of aliphatic hydroxyl groups excluding tert-OH is 1. The molecule has 3 nitrogen and oxygen atoms in total. The van der Waals surface area contributed by atoms with Crippen LogP contribution in [0.4, 0.5) is 0 Å². The van der Waals surface area contributed by atoms with Crippen LogP contribution in [0.2, 0.25) is 0 Å². The predicted molar refractivity (Wildman–Crippen MR) is 79.2 cm³/mol. The van der Waals surface area contributed by atoms with Gasteiger partial charge in [-0.3, -0.25) is 4.79 Å². The van der Waals surface area contributed by atoms with E-state index in [9.17, 15) is 4.79 Å². The van der Waals surface area contributed by atoms with Crippen molar-refractivity contribution in [3.63, 3.8) is 0 Å². The van der Waals surface area contributed by atoms with Crippen molar-refractivity contribution in [2.24, 2.45) is 0 Å². The van der Waals surface area contributed by atoms with Gasteiger partial charge in [0.25, 0.3) is 0 Å². The number of rotatable bonds is 13. The number of hydrogen-bond donors (Lipinski definition) is 2. The first-order valence-corrected chi connectivity index (χ1v) is 7.67. The van der Waals surface area contributed by atoms with Gasteiger partial charge < -0.3 is 10.2 Å². The fourth-order valence-corrected chi connectivity index (χ4v) is 2.01. The summed E-state index contributed by atoms with van der Waals surface area (Å²) < 4.78 is 0. The molecule has 0 aliphatic carbocycles. The number of carboxylic acids is 1. The predicted octanol–water partition coefficient (Wildman–Crippen LogP) is 4.30. The second kappa shape index (κ2) is 13.6. The molecule has 3 heteroatoms. The Labute approximate surface area is 117 Å². The maximum Gasteiger partial charge on any atom is 0.303 e. The Morgan fingerprint density at radius 3 is 2.05 bits per heavy atom. The minimum Gasteiger partial charge on any atom is -0.481 e. The molecule has 1 unspecified atom stereocenters. The van der Waals surface area contributed by atoms with Crippen LogP contribution in [0, 0.1) is 0 Å². The van der Waals surface area contributed by atoms with Crippen molar-refractivity contribution in [1.29, 1.82) is 0 Å². The first-order chi connectivity index (χ1) is 9.13. The fraction of sp³-hybridized carbons (Fsp3) is 0.812. The van der Waals surface area contributed by atoms with E-state index in [2.05, 4.69) is 12.2 Å². The fourth-order valence-electron chi connectivity index (χ4n) is 2.01. The lowest BCUT2D eigenvalue weighted by Gasteiger charge is -2.03. The molecule has 0 spiro atoms. The van der Waals surface area contributed by atoms with Crippen molar-refractivity contribution in [3.05, 3.63) is 12.2 Å². The molecule has 0 radical (unpaired) electrons. The van der Waals surface area contributed by atoms with Crippen LogP contribution in [0.25, 0.3) is 0 Å². The number of aliphatic carboxylic acids is 1. The average molecular weight is 270 g/mol. The Balaban J connectivity index is 3.10. The summed E-state index contributed by atoms with van der Waals surface area (Å²) in [6.45, 7) is 1.85. The molecule has 19 heavy (non-hydrogen) atoms. The SMILES string of the molecule is CC(O)CCCCCCC/C=C/CCCCC(=O)O. The summed E-state index contributed by atoms with van der Waals surface area (Å²) in [5.41, 5.74) is 0. The second-order valence-electron chi connectivity index (χ2n) is 5.31. The average Bonchev–Trinajstić information content (AvgIpc) is 2.34. The Hall–Kier alpha value is -0.830. The van der Waals surface area contributed by atoms with E-state index >= 15 is 0 Å². The smallest absolute Gasteiger partial charge is 0.303 e. The van der Waals surface area contributed by atoms with Gasteiger partial charge >= 0.3 is 5.97 Å². The molecule has 0 rings (SSSR count). The third-order valence-corrected chi connectivity index (χ3v) is 3.17. The molecule has 0 saturated heterocycles. The first-order valence-electron chi connectivity index (χ1n) is 7.67. The highest BCUT2D eigenvalue weighted by molar-refractivity contribution is 5.66. The van der Waals surface area contributed by atoms with Crippen LogP contribution in [-0.2, 0) is 4.79 Å². The Kier molecular flexibility index (Phi) is 13.0. The van der Waals surface area contributed by atoms with Gasteiger partial charge in [-0.05, 0) is 45.4 Å². The second-order valence-corrected chi connectivity index (χ2v) is 5.31. The van der Waals surface area contributed by atoms with Crippen LogP contribution in [0.5, 0.6) is 0 Å². The van der Waals surface area contributed by atoms with Crippen molar-refractivity contribution in [2.75, 3.05) is 0 Å². The highest BCUT2D eigenvalue weighted by Crippen LogP contribution is 2.09. The summed E-state index contributed by atoms with van der Waals surface area (Å²) in [7, 11) is 0. The summed E-state index contributed by atoms with van der Waals surface area (Å²) in [6.07, 6.45) is 15.5. The van der Waals surface area contributed by atoms with Crippen molar-refractivity contribution < 1.29 is 15.0 Å². The minimum absolute atomic E-state index is 0.149. The molecule has 0 amide bonds. The summed E-state index contributed by atoms with van der Waals surface area (Å²) in [5, 5.41) is 17.6. The Bertz CT molecular complexity index is 234. The summed E-state index contributed by atoms with van der Waals surface area (Å²) in [4.78, 5) is 10.3. The Morgan fingerprint density at radius 2 is 1.47 bits per heavy atom. The van der Waals surface area contributed by atoms with Gasteiger partial charge in [0.05, 0.1) is 6.10 Å². The highest BCUT2D eigenvalue weighted by Gasteiger charge is 1.95. The lowest BCUT2D eigenvalue weighted by atomic mass is 10.1. The maximum atomic E-state index is 10.3. The molecule has 0 heterocycles. The van der Waals surface area contributed by atoms with Gasteiger partial charge in [0, 0.05) is 6.42 Å². The maximum absolute atomic E-state index is 10.3. The summed E-state index contributed by atoms with van der Waals surface area (Å²) in [6, 6.07) is 0. The van der Waals surface area contributed by atoms with Crippen LogP contribution in [0.1, 0.15) is 77.6 Å². The first kappa shape index (κ1) is 18.2. The van der Waals surface area contributed by atoms with E-state index in [1.807, 2.05) is 6.92 Å². The number of hydrogen-bond acceptors (Lipinski definition) is 2. The van der Waals surface area contributed by atoms with E-state index in [0.29, 0.717) is 6.42 Å². The lowest BCUT2D eigenvalue weighted by molar-refractivity contribution is -0.137. The zero-order valence-corrected chi connectivity index (χ0v) is 12.3. The van der Waals surface area contributed by atoms with E-state index in [-0.39, 0.29) is 6.10 Å². The number of carboxylic acid groups (broad SMARTS) is 1. The van der Waals surface area contributed by atoms with Gasteiger partial charge in [0.2, 0.25) is 0 Å². The normalized spacial score (nSPS) is 12.9. The third-order valence-electron chi connectivity index (χ3n) is 3.17. The van der Waals surface area contributed by atoms with E-state index in [1.54, 1.807) is 0 Å². The minimum atomic E-state index is -0.695. The van der Waals surface area contributed by atoms with E-state index < -0.39 is 5.97 Å². The van der Waals surface area contributed by atoms with Crippen LogP contribution in [-0.4, -0.2) is 22.3 Å². The molecular formula is C16H30O3. The van der Waals surface area contributed by atoms with Crippen molar-refractivity contribution >= 4 is 5.97 Å². The number of carbonyl (C=O) groups is 1. The zero-order chi connectivity index (χ0) is 14.3. The highest BCUT2D eigenvalue weighted by atomic mass is 16.4.